The van der Waals surface area contributed by atoms with E-state index < -0.39 is 0 Å². The Balaban J connectivity index is 0.00000156. The lowest BCUT2D eigenvalue weighted by atomic mass is 10.1. The van der Waals surface area contributed by atoms with Crippen LogP contribution < -0.4 is 5.32 Å². The van der Waals surface area contributed by atoms with Crippen molar-refractivity contribution in [1.82, 2.24) is 15.4 Å². The molecule has 1 N–H and O–H groups in total. The summed E-state index contributed by atoms with van der Waals surface area (Å²) in [6, 6.07) is 2.79. The van der Waals surface area contributed by atoms with E-state index in [-0.39, 0.29) is 13.4 Å². The zero-order chi connectivity index (χ0) is 15.1. The molecular weight excluding hydrogens is 278 g/mol. The molecule has 22 heavy (non-hydrogen) atoms. The minimum atomic E-state index is -0.0826. The van der Waals surface area contributed by atoms with Gasteiger partial charge >= 0.3 is 0 Å². The summed E-state index contributed by atoms with van der Waals surface area (Å²) in [5.74, 6) is 1.79. The van der Waals surface area contributed by atoms with E-state index in [4.69, 9.17) is 4.52 Å². The van der Waals surface area contributed by atoms with Crippen molar-refractivity contribution in [2.75, 3.05) is 13.1 Å². The Bertz CT molecular complexity index is 552. The standard InChI is InChI=1S/C17H25N3O2.H2/c1-11-9-20(13-4-2-3-5-13)10-15(11)18-17(21)14-8-16(22-19-14)12-6-7-12;/h8,11-13,15H,2-7,9-10H2,1H3,(H,18,21);1H/t11-,15-;/m1./s1. The van der Waals surface area contributed by atoms with Gasteiger partial charge in [0.1, 0.15) is 5.76 Å². The van der Waals surface area contributed by atoms with Gasteiger partial charge in [0.05, 0.1) is 0 Å². The number of carbonyl (C=O) groups excluding carboxylic acids is 1. The summed E-state index contributed by atoms with van der Waals surface area (Å²) in [5, 5.41) is 7.11. The first kappa shape index (κ1) is 14.2. The van der Waals surface area contributed by atoms with Crippen LogP contribution >= 0.6 is 0 Å². The van der Waals surface area contributed by atoms with Crippen LogP contribution in [0.15, 0.2) is 10.6 Å². The van der Waals surface area contributed by atoms with E-state index in [0.29, 0.717) is 17.5 Å². The molecule has 3 fully saturated rings. The maximum atomic E-state index is 12.4. The van der Waals surface area contributed by atoms with Crippen molar-refractivity contribution in [3.63, 3.8) is 0 Å². The maximum absolute atomic E-state index is 12.4. The lowest BCUT2D eigenvalue weighted by Crippen LogP contribution is -2.41. The molecule has 3 aliphatic rings. The third-order valence-electron chi connectivity index (χ3n) is 5.54. The molecule has 2 atom stereocenters. The summed E-state index contributed by atoms with van der Waals surface area (Å²) in [6.07, 6.45) is 7.67. The number of amides is 1. The van der Waals surface area contributed by atoms with Gasteiger partial charge in [-0.15, -0.1) is 0 Å². The summed E-state index contributed by atoms with van der Waals surface area (Å²) >= 11 is 0. The summed E-state index contributed by atoms with van der Waals surface area (Å²) in [7, 11) is 0. The average Bonchev–Trinajstić information content (AvgIpc) is 2.96. The second-order valence-corrected chi connectivity index (χ2v) is 7.34. The highest BCUT2D eigenvalue weighted by atomic mass is 16.5. The molecule has 4 rings (SSSR count). The molecule has 1 aromatic heterocycles. The average molecular weight is 305 g/mol. The monoisotopic (exact) mass is 305 g/mol. The molecule has 0 bridgehead atoms. The summed E-state index contributed by atoms with van der Waals surface area (Å²) < 4.78 is 5.28. The highest BCUT2D eigenvalue weighted by Crippen LogP contribution is 2.40. The normalized spacial score (nSPS) is 30.0. The molecule has 122 valence electrons. The topological polar surface area (TPSA) is 58.4 Å². The van der Waals surface area contributed by atoms with E-state index in [9.17, 15) is 4.79 Å². The van der Waals surface area contributed by atoms with E-state index in [1.54, 1.807) is 0 Å². The molecule has 0 spiro atoms. The number of aromatic nitrogens is 1. The fraction of sp³-hybridized carbons (Fsp3) is 0.765. The predicted molar refractivity (Wildman–Crippen MR) is 84.8 cm³/mol. The second-order valence-electron chi connectivity index (χ2n) is 7.34. The van der Waals surface area contributed by atoms with E-state index in [0.717, 1.165) is 37.7 Å². The van der Waals surface area contributed by atoms with Crippen LogP contribution in [0, 0.1) is 5.92 Å². The van der Waals surface area contributed by atoms with Crippen LogP contribution in [0.5, 0.6) is 0 Å². The highest BCUT2D eigenvalue weighted by molar-refractivity contribution is 5.92. The van der Waals surface area contributed by atoms with E-state index >= 15 is 0 Å². The van der Waals surface area contributed by atoms with Crippen molar-refractivity contribution in [1.29, 1.82) is 0 Å². The number of nitrogens with one attached hydrogen (secondary N) is 1. The van der Waals surface area contributed by atoms with Crippen molar-refractivity contribution in [3.05, 3.63) is 17.5 Å². The van der Waals surface area contributed by atoms with Gasteiger partial charge in [-0.25, -0.2) is 0 Å². The molecule has 1 saturated heterocycles. The number of hydrogen-bond acceptors (Lipinski definition) is 4. The molecule has 2 saturated carbocycles. The van der Waals surface area contributed by atoms with Gasteiger partial charge in [0.2, 0.25) is 0 Å². The molecule has 0 aromatic carbocycles. The van der Waals surface area contributed by atoms with Crippen LogP contribution in [0.2, 0.25) is 0 Å². The van der Waals surface area contributed by atoms with Gasteiger partial charge in [-0.05, 0) is 31.6 Å². The molecule has 0 unspecified atom stereocenters. The smallest absolute Gasteiger partial charge is 0.273 e. The van der Waals surface area contributed by atoms with Crippen molar-refractivity contribution in [2.24, 2.45) is 5.92 Å². The Hall–Kier alpha value is -1.36. The van der Waals surface area contributed by atoms with Crippen molar-refractivity contribution in [3.8, 4) is 0 Å². The van der Waals surface area contributed by atoms with Gasteiger partial charge in [0, 0.05) is 38.6 Å². The lowest BCUT2D eigenvalue weighted by Gasteiger charge is -2.23. The third kappa shape index (κ3) is 2.78. The Morgan fingerprint density at radius 2 is 2.09 bits per heavy atom. The zero-order valence-electron chi connectivity index (χ0n) is 13.3. The Morgan fingerprint density at radius 1 is 1.32 bits per heavy atom. The minimum Gasteiger partial charge on any atom is -0.360 e. The zero-order valence-corrected chi connectivity index (χ0v) is 13.3. The predicted octanol–water partition coefficient (Wildman–Crippen LogP) is 2.79. The fourth-order valence-corrected chi connectivity index (χ4v) is 3.96. The first-order valence-corrected chi connectivity index (χ1v) is 8.72. The van der Waals surface area contributed by atoms with Crippen LogP contribution in [0.4, 0.5) is 0 Å². The summed E-state index contributed by atoms with van der Waals surface area (Å²) in [5.41, 5.74) is 0.438. The number of hydrogen-bond donors (Lipinski definition) is 1. The van der Waals surface area contributed by atoms with Crippen LogP contribution in [0.1, 0.15) is 69.0 Å². The highest BCUT2D eigenvalue weighted by Gasteiger charge is 2.36. The fourth-order valence-electron chi connectivity index (χ4n) is 3.96. The number of likely N-dealkylation sites (tertiary alicyclic amines) is 1. The van der Waals surface area contributed by atoms with Gasteiger partial charge in [0.25, 0.3) is 5.91 Å². The molecule has 1 aromatic rings. The summed E-state index contributed by atoms with van der Waals surface area (Å²) in [4.78, 5) is 14.9. The molecule has 1 amide bonds. The number of rotatable bonds is 4. The first-order chi connectivity index (χ1) is 10.7. The van der Waals surface area contributed by atoms with E-state index in [1.807, 2.05) is 6.07 Å². The van der Waals surface area contributed by atoms with E-state index in [1.165, 1.54) is 25.7 Å². The van der Waals surface area contributed by atoms with Crippen LogP contribution in [-0.4, -0.2) is 41.1 Å². The third-order valence-corrected chi connectivity index (χ3v) is 5.54. The SMILES string of the molecule is C[C@@H]1CN(C2CCCC2)C[C@H]1NC(=O)c1cc(C2CC2)on1.[HH]. The molecule has 0 radical (unpaired) electrons. The lowest BCUT2D eigenvalue weighted by molar-refractivity contribution is 0.0921. The molecule has 5 heteroatoms. The first-order valence-electron chi connectivity index (χ1n) is 8.72. The van der Waals surface area contributed by atoms with Crippen molar-refractivity contribution in [2.45, 2.75) is 63.5 Å². The minimum absolute atomic E-state index is 0. The van der Waals surface area contributed by atoms with Crippen molar-refractivity contribution < 1.29 is 10.7 Å². The maximum Gasteiger partial charge on any atom is 0.273 e. The molecular formula is C17H27N3O2. The van der Waals surface area contributed by atoms with Crippen LogP contribution in [0.25, 0.3) is 0 Å². The number of carbonyl (C=O) groups is 1. The summed E-state index contributed by atoms with van der Waals surface area (Å²) in [6.45, 7) is 4.31. The van der Waals surface area contributed by atoms with Gasteiger partial charge in [-0.2, -0.15) is 0 Å². The Labute approximate surface area is 132 Å². The Morgan fingerprint density at radius 3 is 2.82 bits per heavy atom. The quantitative estimate of drug-likeness (QED) is 0.929. The van der Waals surface area contributed by atoms with Crippen LogP contribution in [-0.2, 0) is 0 Å². The molecule has 5 nitrogen and oxygen atoms in total. The van der Waals surface area contributed by atoms with Crippen molar-refractivity contribution >= 4 is 5.91 Å². The van der Waals surface area contributed by atoms with Gasteiger partial charge in [-0.3, -0.25) is 9.69 Å². The second kappa shape index (κ2) is 5.69. The van der Waals surface area contributed by atoms with E-state index in [2.05, 4.69) is 22.3 Å². The largest absolute Gasteiger partial charge is 0.360 e. The van der Waals surface area contributed by atoms with Crippen LogP contribution in [0.3, 0.4) is 0 Å². The molecule has 1 aliphatic heterocycles. The van der Waals surface area contributed by atoms with Gasteiger partial charge in [0.15, 0.2) is 5.69 Å². The Kier molecular flexibility index (Phi) is 3.68. The molecule has 2 aliphatic carbocycles. The number of nitrogens with zero attached hydrogens (tertiary/aromatic N) is 2. The van der Waals surface area contributed by atoms with Gasteiger partial charge < -0.3 is 9.84 Å². The van der Waals surface area contributed by atoms with Gasteiger partial charge in [-0.1, -0.05) is 24.9 Å². The molecule has 2 heterocycles.